The molecule has 0 saturated carbocycles. The van der Waals surface area contributed by atoms with E-state index >= 15 is 0 Å². The standard InChI is InChI=1S/C25H21ClN2O4/c1-30-21-7-5-4-6-16(21)14-20-25(29)28(19-11-9-18(26)10-12-19)24(27-20)17-8-13-22(31-2)23(15-17)32-3/h4-15H,1-3H3/b20-14-. The minimum absolute atomic E-state index is 0.261. The highest BCUT2D eigenvalue weighted by Gasteiger charge is 2.33. The summed E-state index contributed by atoms with van der Waals surface area (Å²) in [4.78, 5) is 19.7. The quantitative estimate of drug-likeness (QED) is 0.486. The molecule has 4 rings (SSSR count). The minimum Gasteiger partial charge on any atom is -0.496 e. The Morgan fingerprint density at radius 2 is 1.53 bits per heavy atom. The number of anilines is 1. The van der Waals surface area contributed by atoms with Crippen molar-refractivity contribution in [1.29, 1.82) is 0 Å². The summed E-state index contributed by atoms with van der Waals surface area (Å²) in [5, 5.41) is 0.579. The molecule has 0 saturated heterocycles. The van der Waals surface area contributed by atoms with Gasteiger partial charge in [0.2, 0.25) is 0 Å². The number of para-hydroxylation sites is 1. The predicted molar refractivity (Wildman–Crippen MR) is 126 cm³/mol. The van der Waals surface area contributed by atoms with Crippen molar-refractivity contribution in [3.05, 3.63) is 88.6 Å². The number of hydrogen-bond donors (Lipinski definition) is 0. The molecule has 7 heteroatoms. The maximum atomic E-state index is 13.5. The second-order valence-electron chi connectivity index (χ2n) is 6.89. The van der Waals surface area contributed by atoms with E-state index in [1.54, 1.807) is 68.7 Å². The number of aliphatic imine (C=N–C) groups is 1. The number of carbonyl (C=O) groups excluding carboxylic acids is 1. The van der Waals surface area contributed by atoms with Crippen molar-refractivity contribution in [2.75, 3.05) is 26.2 Å². The molecule has 1 aliphatic rings. The molecule has 3 aromatic rings. The number of carbonyl (C=O) groups is 1. The lowest BCUT2D eigenvalue weighted by molar-refractivity contribution is -0.113. The maximum absolute atomic E-state index is 13.5. The van der Waals surface area contributed by atoms with Crippen molar-refractivity contribution >= 4 is 35.1 Å². The highest BCUT2D eigenvalue weighted by atomic mass is 35.5. The van der Waals surface area contributed by atoms with Crippen molar-refractivity contribution < 1.29 is 19.0 Å². The van der Waals surface area contributed by atoms with Crippen LogP contribution >= 0.6 is 11.6 Å². The van der Waals surface area contributed by atoms with Crippen LogP contribution in [0.25, 0.3) is 6.08 Å². The first-order chi connectivity index (χ1) is 15.5. The minimum atomic E-state index is -0.261. The van der Waals surface area contributed by atoms with Crippen LogP contribution in [0.5, 0.6) is 17.2 Å². The third kappa shape index (κ3) is 4.05. The second kappa shape index (κ2) is 9.16. The van der Waals surface area contributed by atoms with E-state index in [4.69, 9.17) is 30.8 Å². The van der Waals surface area contributed by atoms with Gasteiger partial charge in [0, 0.05) is 16.1 Å². The Hall–Kier alpha value is -3.77. The SMILES string of the molecule is COc1ccccc1/C=C1\N=C(c2ccc(OC)c(OC)c2)N(c2ccc(Cl)cc2)C1=O. The Morgan fingerprint density at radius 3 is 2.22 bits per heavy atom. The molecule has 0 spiro atoms. The van der Waals surface area contributed by atoms with Crippen LogP contribution in [-0.4, -0.2) is 33.1 Å². The van der Waals surface area contributed by atoms with Gasteiger partial charge in [-0.25, -0.2) is 4.99 Å². The van der Waals surface area contributed by atoms with Crippen molar-refractivity contribution in [3.63, 3.8) is 0 Å². The molecule has 162 valence electrons. The van der Waals surface area contributed by atoms with Crippen LogP contribution in [0.2, 0.25) is 5.02 Å². The van der Waals surface area contributed by atoms with Crippen LogP contribution < -0.4 is 19.1 Å². The zero-order valence-corrected chi connectivity index (χ0v) is 18.6. The number of methoxy groups -OCH3 is 3. The van der Waals surface area contributed by atoms with E-state index in [2.05, 4.69) is 0 Å². The number of nitrogens with zero attached hydrogens (tertiary/aromatic N) is 2. The number of rotatable bonds is 6. The number of amides is 1. The van der Waals surface area contributed by atoms with Crippen molar-refractivity contribution in [3.8, 4) is 17.2 Å². The van der Waals surface area contributed by atoms with Gasteiger partial charge in [-0.2, -0.15) is 0 Å². The number of ether oxygens (including phenoxy) is 3. The van der Waals surface area contributed by atoms with E-state index in [1.165, 1.54) is 0 Å². The van der Waals surface area contributed by atoms with E-state index in [9.17, 15) is 4.79 Å². The number of amidine groups is 1. The fourth-order valence-corrected chi connectivity index (χ4v) is 3.57. The van der Waals surface area contributed by atoms with Gasteiger partial charge in [-0.15, -0.1) is 0 Å². The van der Waals surface area contributed by atoms with Gasteiger partial charge in [-0.3, -0.25) is 9.69 Å². The molecule has 0 aliphatic carbocycles. The number of benzene rings is 3. The Morgan fingerprint density at radius 1 is 0.844 bits per heavy atom. The van der Waals surface area contributed by atoms with Gasteiger partial charge in [0.05, 0.1) is 27.0 Å². The van der Waals surface area contributed by atoms with E-state index in [0.29, 0.717) is 39.4 Å². The highest BCUT2D eigenvalue weighted by Crippen LogP contribution is 2.33. The fourth-order valence-electron chi connectivity index (χ4n) is 3.45. The summed E-state index contributed by atoms with van der Waals surface area (Å²) in [5.74, 6) is 1.99. The summed E-state index contributed by atoms with van der Waals surface area (Å²) in [6.07, 6.45) is 1.72. The van der Waals surface area contributed by atoms with Crippen molar-refractivity contribution in [2.45, 2.75) is 0 Å². The monoisotopic (exact) mass is 448 g/mol. The third-order valence-electron chi connectivity index (χ3n) is 5.02. The summed E-state index contributed by atoms with van der Waals surface area (Å²) in [7, 11) is 4.72. The molecule has 3 aromatic carbocycles. The third-order valence-corrected chi connectivity index (χ3v) is 5.27. The van der Waals surface area contributed by atoms with Gasteiger partial charge in [-0.1, -0.05) is 29.8 Å². The van der Waals surface area contributed by atoms with Crippen LogP contribution in [0.4, 0.5) is 5.69 Å². The lowest BCUT2D eigenvalue weighted by Crippen LogP contribution is -2.32. The van der Waals surface area contributed by atoms with E-state index in [1.807, 2.05) is 30.3 Å². The molecule has 1 heterocycles. The van der Waals surface area contributed by atoms with E-state index in [-0.39, 0.29) is 11.6 Å². The smallest absolute Gasteiger partial charge is 0.282 e. The van der Waals surface area contributed by atoms with E-state index < -0.39 is 0 Å². The normalized spacial score (nSPS) is 14.5. The van der Waals surface area contributed by atoms with E-state index in [0.717, 1.165) is 5.56 Å². The first kappa shape index (κ1) is 21.5. The number of hydrogen-bond acceptors (Lipinski definition) is 5. The second-order valence-corrected chi connectivity index (χ2v) is 7.33. The van der Waals surface area contributed by atoms with Crippen molar-refractivity contribution in [1.82, 2.24) is 0 Å². The molecule has 0 bridgehead atoms. The molecular weight excluding hydrogens is 428 g/mol. The van der Waals surface area contributed by atoms with Gasteiger partial charge in [0.25, 0.3) is 5.91 Å². The summed E-state index contributed by atoms with van der Waals surface area (Å²) in [6, 6.07) is 19.9. The van der Waals surface area contributed by atoms with Gasteiger partial charge < -0.3 is 14.2 Å². The lowest BCUT2D eigenvalue weighted by atomic mass is 10.1. The maximum Gasteiger partial charge on any atom is 0.282 e. The zero-order valence-electron chi connectivity index (χ0n) is 17.8. The molecule has 0 fully saturated rings. The first-order valence-corrected chi connectivity index (χ1v) is 10.2. The largest absolute Gasteiger partial charge is 0.496 e. The molecular formula is C25H21ClN2O4. The number of halogens is 1. The fraction of sp³-hybridized carbons (Fsp3) is 0.120. The van der Waals surface area contributed by atoms with Gasteiger partial charge in [0.1, 0.15) is 17.3 Å². The molecule has 1 aliphatic heterocycles. The zero-order chi connectivity index (χ0) is 22.7. The Kier molecular flexibility index (Phi) is 6.14. The highest BCUT2D eigenvalue weighted by molar-refractivity contribution is 6.34. The Bertz CT molecular complexity index is 1220. The topological polar surface area (TPSA) is 60.4 Å². The molecule has 0 unspecified atom stereocenters. The van der Waals surface area contributed by atoms with Crippen molar-refractivity contribution in [2.24, 2.45) is 4.99 Å². The predicted octanol–water partition coefficient (Wildman–Crippen LogP) is 5.20. The van der Waals surface area contributed by atoms with Gasteiger partial charge in [0.15, 0.2) is 11.5 Å². The van der Waals surface area contributed by atoms with Crippen LogP contribution in [0.15, 0.2) is 77.4 Å². The molecule has 0 N–H and O–H groups in total. The molecule has 32 heavy (non-hydrogen) atoms. The summed E-state index contributed by atoms with van der Waals surface area (Å²) < 4.78 is 16.2. The Balaban J connectivity index is 1.86. The molecule has 0 atom stereocenters. The van der Waals surface area contributed by atoms with Crippen LogP contribution in [0.1, 0.15) is 11.1 Å². The Labute approximate surface area is 191 Å². The summed E-state index contributed by atoms with van der Waals surface area (Å²) in [6.45, 7) is 0. The molecule has 0 aromatic heterocycles. The molecule has 6 nitrogen and oxygen atoms in total. The first-order valence-electron chi connectivity index (χ1n) is 9.81. The van der Waals surface area contributed by atoms with Crippen LogP contribution in [0.3, 0.4) is 0 Å². The van der Waals surface area contributed by atoms with Crippen LogP contribution in [-0.2, 0) is 4.79 Å². The average Bonchev–Trinajstić information content (AvgIpc) is 3.15. The molecule has 0 radical (unpaired) electrons. The average molecular weight is 449 g/mol. The van der Waals surface area contributed by atoms with Gasteiger partial charge >= 0.3 is 0 Å². The summed E-state index contributed by atoms with van der Waals surface area (Å²) >= 11 is 6.06. The van der Waals surface area contributed by atoms with Gasteiger partial charge in [-0.05, 0) is 54.6 Å². The summed E-state index contributed by atoms with van der Waals surface area (Å²) in [5.41, 5.74) is 2.40. The molecule has 1 amide bonds. The lowest BCUT2D eigenvalue weighted by Gasteiger charge is -2.19. The van der Waals surface area contributed by atoms with Crippen LogP contribution in [0, 0.1) is 0 Å².